The van der Waals surface area contributed by atoms with E-state index < -0.39 is 18.3 Å². The Labute approximate surface area is 101 Å². The number of nitrogens with two attached hydrogens (primary N) is 1. The molecule has 0 aromatic heterocycles. The summed E-state index contributed by atoms with van der Waals surface area (Å²) in [5, 5.41) is 0. The lowest BCUT2D eigenvalue weighted by Crippen LogP contribution is -2.45. The van der Waals surface area contributed by atoms with Crippen LogP contribution in [0.4, 0.5) is 23.2 Å². The molecule has 0 radical (unpaired) electrons. The van der Waals surface area contributed by atoms with Crippen LogP contribution in [0.3, 0.4) is 0 Å². The molecule has 0 atom stereocenters. The van der Waals surface area contributed by atoms with Gasteiger partial charge in [-0.1, -0.05) is 12.1 Å². The van der Waals surface area contributed by atoms with Gasteiger partial charge in [0, 0.05) is 19.3 Å². The monoisotopic (exact) mass is 264 g/mol. The van der Waals surface area contributed by atoms with E-state index in [-0.39, 0.29) is 6.54 Å². The highest BCUT2D eigenvalue weighted by atomic mass is 19.3. The first-order valence-corrected chi connectivity index (χ1v) is 5.01. The van der Waals surface area contributed by atoms with E-state index in [4.69, 9.17) is 5.73 Å². The zero-order valence-electron chi connectivity index (χ0n) is 9.54. The van der Waals surface area contributed by atoms with Gasteiger partial charge in [-0.2, -0.15) is 8.78 Å². The molecule has 0 aliphatic carbocycles. The number of nitrogens with zero attached hydrogens (tertiary/aromatic N) is 1. The Hall–Kier alpha value is -1.79. The summed E-state index contributed by atoms with van der Waals surface area (Å²) in [6.07, 6.45) is -4.02. The van der Waals surface area contributed by atoms with E-state index in [0.717, 1.165) is 7.05 Å². The third-order valence-electron chi connectivity index (χ3n) is 2.28. The average molecular weight is 264 g/mol. The minimum absolute atomic E-state index is 0.216. The van der Waals surface area contributed by atoms with E-state index in [1.807, 2.05) is 0 Å². The van der Waals surface area contributed by atoms with Crippen LogP contribution in [-0.4, -0.2) is 30.2 Å². The Morgan fingerprint density at radius 3 is 2.56 bits per heavy atom. The first-order valence-electron chi connectivity index (χ1n) is 5.01. The van der Waals surface area contributed by atoms with Crippen molar-refractivity contribution in [3.05, 3.63) is 29.8 Å². The molecular formula is C11H12F4N2O. The molecule has 0 aliphatic heterocycles. The van der Waals surface area contributed by atoms with E-state index >= 15 is 0 Å². The predicted molar refractivity (Wildman–Crippen MR) is 58.3 cm³/mol. The van der Waals surface area contributed by atoms with Crippen molar-refractivity contribution >= 4 is 11.6 Å². The van der Waals surface area contributed by atoms with Crippen LogP contribution in [0, 0.1) is 0 Å². The van der Waals surface area contributed by atoms with Crippen molar-refractivity contribution in [3.63, 3.8) is 0 Å². The van der Waals surface area contributed by atoms with Crippen LogP contribution < -0.4 is 5.73 Å². The number of amides is 1. The molecule has 0 aliphatic rings. The summed E-state index contributed by atoms with van der Waals surface area (Å²) in [5.74, 6) is -6.59. The van der Waals surface area contributed by atoms with Gasteiger partial charge in [-0.25, -0.2) is 8.78 Å². The third-order valence-corrected chi connectivity index (χ3v) is 2.28. The molecule has 0 unspecified atom stereocenters. The Balaban J connectivity index is 2.77. The first kappa shape index (κ1) is 14.3. The SMILES string of the molecule is CN(Cc1cccc(N)c1)C(=O)C(F)(F)C(F)F. The summed E-state index contributed by atoms with van der Waals surface area (Å²) in [5.41, 5.74) is 6.35. The fraction of sp³-hybridized carbons (Fsp3) is 0.364. The number of carbonyl (C=O) groups is 1. The fourth-order valence-corrected chi connectivity index (χ4v) is 1.38. The number of halogens is 4. The van der Waals surface area contributed by atoms with Gasteiger partial charge in [-0.15, -0.1) is 0 Å². The smallest absolute Gasteiger partial charge is 0.383 e. The van der Waals surface area contributed by atoms with Crippen molar-refractivity contribution in [2.75, 3.05) is 12.8 Å². The summed E-state index contributed by atoms with van der Waals surface area (Å²) in [6, 6.07) is 6.19. The normalized spacial score (nSPS) is 11.7. The number of benzene rings is 1. The van der Waals surface area contributed by atoms with E-state index in [2.05, 4.69) is 0 Å². The van der Waals surface area contributed by atoms with Crippen LogP contribution in [0.2, 0.25) is 0 Å². The minimum atomic E-state index is -4.67. The second-order valence-corrected chi connectivity index (χ2v) is 3.83. The predicted octanol–water partition coefficient (Wildman–Crippen LogP) is 2.13. The molecule has 1 aromatic rings. The van der Waals surface area contributed by atoms with Crippen molar-refractivity contribution in [1.29, 1.82) is 0 Å². The lowest BCUT2D eigenvalue weighted by Gasteiger charge is -2.22. The second kappa shape index (κ2) is 5.24. The van der Waals surface area contributed by atoms with Gasteiger partial charge in [0.25, 0.3) is 5.91 Å². The number of carbonyl (C=O) groups excluding carboxylic acids is 1. The van der Waals surface area contributed by atoms with Crippen molar-refractivity contribution in [2.45, 2.75) is 18.9 Å². The molecule has 1 rings (SSSR count). The number of alkyl halides is 4. The summed E-state index contributed by atoms with van der Waals surface area (Å²) >= 11 is 0. The van der Waals surface area contributed by atoms with Crippen LogP contribution in [-0.2, 0) is 11.3 Å². The molecule has 0 heterocycles. The first-order chi connectivity index (χ1) is 8.25. The number of hydrogen-bond donors (Lipinski definition) is 1. The van der Waals surface area contributed by atoms with Crippen molar-refractivity contribution < 1.29 is 22.4 Å². The van der Waals surface area contributed by atoms with E-state index in [9.17, 15) is 22.4 Å². The van der Waals surface area contributed by atoms with Crippen molar-refractivity contribution in [1.82, 2.24) is 4.90 Å². The van der Waals surface area contributed by atoms with Gasteiger partial charge in [0.1, 0.15) is 0 Å². The Morgan fingerprint density at radius 1 is 1.44 bits per heavy atom. The molecule has 0 spiro atoms. The highest BCUT2D eigenvalue weighted by Gasteiger charge is 2.50. The maximum atomic E-state index is 12.8. The number of anilines is 1. The maximum absolute atomic E-state index is 12.8. The molecule has 0 saturated heterocycles. The maximum Gasteiger partial charge on any atom is 0.383 e. The molecule has 2 N–H and O–H groups in total. The van der Waals surface area contributed by atoms with Crippen molar-refractivity contribution in [2.24, 2.45) is 0 Å². The lowest BCUT2D eigenvalue weighted by atomic mass is 10.2. The molecular weight excluding hydrogens is 252 g/mol. The van der Waals surface area contributed by atoms with E-state index in [1.165, 1.54) is 6.07 Å². The van der Waals surface area contributed by atoms with E-state index in [1.54, 1.807) is 18.2 Å². The van der Waals surface area contributed by atoms with Gasteiger partial charge in [-0.05, 0) is 17.7 Å². The van der Waals surface area contributed by atoms with Crippen molar-refractivity contribution in [3.8, 4) is 0 Å². The standard InChI is InChI=1S/C11H12F4N2O/c1-17(10(18)11(14,15)9(12)13)6-7-3-2-4-8(16)5-7/h2-5,9H,6,16H2,1H3. The molecule has 3 nitrogen and oxygen atoms in total. The number of rotatable bonds is 4. The van der Waals surface area contributed by atoms with Gasteiger partial charge in [0.2, 0.25) is 0 Å². The van der Waals surface area contributed by atoms with Gasteiger partial charge in [0.05, 0.1) is 0 Å². The third kappa shape index (κ3) is 3.12. The van der Waals surface area contributed by atoms with Crippen LogP contribution in [0.25, 0.3) is 0 Å². The molecule has 0 saturated carbocycles. The van der Waals surface area contributed by atoms with E-state index in [0.29, 0.717) is 16.2 Å². The summed E-state index contributed by atoms with van der Waals surface area (Å²) < 4.78 is 49.6. The number of nitrogen functional groups attached to an aromatic ring is 1. The molecule has 18 heavy (non-hydrogen) atoms. The average Bonchev–Trinajstić information content (AvgIpc) is 2.27. The molecule has 1 amide bonds. The second-order valence-electron chi connectivity index (χ2n) is 3.83. The van der Waals surface area contributed by atoms with Gasteiger partial charge in [-0.3, -0.25) is 4.79 Å². The fourth-order valence-electron chi connectivity index (χ4n) is 1.38. The van der Waals surface area contributed by atoms with Crippen LogP contribution in [0.5, 0.6) is 0 Å². The summed E-state index contributed by atoms with van der Waals surface area (Å²) in [4.78, 5) is 11.7. The zero-order valence-corrected chi connectivity index (χ0v) is 9.54. The van der Waals surface area contributed by atoms with Crippen LogP contribution >= 0.6 is 0 Å². The van der Waals surface area contributed by atoms with Crippen LogP contribution in [0.1, 0.15) is 5.56 Å². The molecule has 100 valence electrons. The molecule has 7 heteroatoms. The van der Waals surface area contributed by atoms with Gasteiger partial charge < -0.3 is 10.6 Å². The van der Waals surface area contributed by atoms with Crippen LogP contribution in [0.15, 0.2) is 24.3 Å². The number of hydrogen-bond acceptors (Lipinski definition) is 2. The van der Waals surface area contributed by atoms with Gasteiger partial charge >= 0.3 is 12.3 Å². The molecule has 0 fully saturated rings. The quantitative estimate of drug-likeness (QED) is 0.669. The summed E-state index contributed by atoms with van der Waals surface area (Å²) in [7, 11) is 1.03. The molecule has 1 aromatic carbocycles. The Morgan fingerprint density at radius 2 is 2.06 bits per heavy atom. The Bertz CT molecular complexity index is 437. The minimum Gasteiger partial charge on any atom is -0.399 e. The van der Waals surface area contributed by atoms with Gasteiger partial charge in [0.15, 0.2) is 0 Å². The summed E-state index contributed by atoms with van der Waals surface area (Å²) in [6.45, 7) is -0.216. The zero-order chi connectivity index (χ0) is 13.9. The molecule has 0 bridgehead atoms. The Kier molecular flexibility index (Phi) is 4.15. The lowest BCUT2D eigenvalue weighted by molar-refractivity contribution is -0.179. The topological polar surface area (TPSA) is 46.3 Å². The highest BCUT2D eigenvalue weighted by Crippen LogP contribution is 2.25. The highest BCUT2D eigenvalue weighted by molar-refractivity contribution is 5.83. The largest absolute Gasteiger partial charge is 0.399 e.